The van der Waals surface area contributed by atoms with Gasteiger partial charge in [0.1, 0.15) is 0 Å². The zero-order chi connectivity index (χ0) is 16.9. The highest BCUT2D eigenvalue weighted by atomic mass is 16.5. The molecule has 3 rings (SSSR count). The number of nitrogens with zero attached hydrogens (tertiary/aromatic N) is 1. The van der Waals surface area contributed by atoms with Gasteiger partial charge in [0, 0.05) is 6.54 Å². The fourth-order valence-corrected chi connectivity index (χ4v) is 3.29. The highest BCUT2D eigenvalue weighted by Crippen LogP contribution is 2.29. The normalized spacial score (nSPS) is 23.2. The highest BCUT2D eigenvalue weighted by molar-refractivity contribution is 5.83. The van der Waals surface area contributed by atoms with E-state index >= 15 is 0 Å². The van der Waals surface area contributed by atoms with Crippen molar-refractivity contribution >= 4 is 11.9 Å². The van der Waals surface area contributed by atoms with Crippen molar-refractivity contribution in [2.24, 2.45) is 0 Å². The van der Waals surface area contributed by atoms with Gasteiger partial charge in [0.2, 0.25) is 0 Å². The number of aliphatic carboxylic acids is 1. The fourth-order valence-electron chi connectivity index (χ4n) is 3.29. The van der Waals surface area contributed by atoms with Gasteiger partial charge < -0.3 is 19.5 Å². The number of ether oxygens (including phenoxy) is 2. The van der Waals surface area contributed by atoms with Crippen LogP contribution in [0.5, 0.6) is 0 Å². The van der Waals surface area contributed by atoms with Crippen LogP contribution in [0.1, 0.15) is 37.4 Å². The van der Waals surface area contributed by atoms with Crippen molar-refractivity contribution in [3.63, 3.8) is 0 Å². The number of carboxylic acid groups (broad SMARTS) is 1. The third-order valence-electron chi connectivity index (χ3n) is 4.61. The molecule has 1 aliphatic carbocycles. The molecule has 0 aromatic heterocycles. The van der Waals surface area contributed by atoms with Gasteiger partial charge in [-0.05, 0) is 18.4 Å². The number of carbonyl (C=O) groups is 2. The number of rotatable bonds is 5. The van der Waals surface area contributed by atoms with Crippen LogP contribution < -0.4 is 0 Å². The Morgan fingerprint density at radius 3 is 2.58 bits per heavy atom. The molecule has 1 N–H and O–H groups in total. The van der Waals surface area contributed by atoms with Crippen molar-refractivity contribution in [2.75, 3.05) is 19.7 Å². The lowest BCUT2D eigenvalue weighted by molar-refractivity contribution is -0.165. The number of carboxylic acids is 1. The van der Waals surface area contributed by atoms with Gasteiger partial charge in [-0.1, -0.05) is 43.2 Å². The quantitative estimate of drug-likeness (QED) is 0.892. The molecule has 6 heteroatoms. The maximum Gasteiger partial charge on any atom is 0.334 e. The van der Waals surface area contributed by atoms with Gasteiger partial charge >= 0.3 is 5.97 Å². The molecule has 130 valence electrons. The Morgan fingerprint density at radius 2 is 1.92 bits per heavy atom. The number of carbonyl (C=O) groups excluding carboxylic acids is 1. The molecule has 6 nitrogen and oxygen atoms in total. The molecule has 1 aliphatic heterocycles. The summed E-state index contributed by atoms with van der Waals surface area (Å²) in [7, 11) is 0. The molecule has 1 heterocycles. The van der Waals surface area contributed by atoms with Crippen molar-refractivity contribution < 1.29 is 24.2 Å². The first-order valence-electron chi connectivity index (χ1n) is 8.49. The Kier molecular flexibility index (Phi) is 5.48. The van der Waals surface area contributed by atoms with Gasteiger partial charge in [0.05, 0.1) is 19.3 Å². The smallest absolute Gasteiger partial charge is 0.334 e. The minimum atomic E-state index is -1.04. The molecule has 1 aromatic rings. The first-order chi connectivity index (χ1) is 11.6. The molecule has 1 aromatic carbocycles. The molecule has 2 aliphatic rings. The summed E-state index contributed by atoms with van der Waals surface area (Å²) in [5.74, 6) is -1.22. The molecule has 0 unspecified atom stereocenters. The molecule has 0 radical (unpaired) electrons. The minimum Gasteiger partial charge on any atom is -0.479 e. The van der Waals surface area contributed by atoms with Crippen LogP contribution in [-0.2, 0) is 19.1 Å². The predicted molar refractivity (Wildman–Crippen MR) is 86.5 cm³/mol. The number of hydrogen-bond acceptors (Lipinski definition) is 4. The van der Waals surface area contributed by atoms with Crippen LogP contribution in [-0.4, -0.2) is 53.8 Å². The Morgan fingerprint density at radius 1 is 1.21 bits per heavy atom. The van der Waals surface area contributed by atoms with Gasteiger partial charge in [0.15, 0.2) is 12.2 Å². The van der Waals surface area contributed by atoms with E-state index in [0.717, 1.165) is 31.2 Å². The molecule has 0 spiro atoms. The second kappa shape index (κ2) is 7.77. The van der Waals surface area contributed by atoms with Crippen molar-refractivity contribution in [3.05, 3.63) is 35.9 Å². The predicted octanol–water partition coefficient (Wildman–Crippen LogP) is 2.00. The third-order valence-corrected chi connectivity index (χ3v) is 4.61. The van der Waals surface area contributed by atoms with Gasteiger partial charge in [-0.15, -0.1) is 0 Å². The van der Waals surface area contributed by atoms with Crippen LogP contribution in [0.15, 0.2) is 30.3 Å². The molecule has 1 saturated carbocycles. The van der Waals surface area contributed by atoms with Gasteiger partial charge in [-0.2, -0.15) is 0 Å². The summed E-state index contributed by atoms with van der Waals surface area (Å²) in [5, 5.41) is 9.13. The third kappa shape index (κ3) is 3.94. The van der Waals surface area contributed by atoms with Crippen LogP contribution in [0.4, 0.5) is 0 Å². The Hall–Kier alpha value is -1.92. The second-order valence-corrected chi connectivity index (χ2v) is 6.32. The lowest BCUT2D eigenvalue weighted by atomic mass is 10.1. The van der Waals surface area contributed by atoms with Gasteiger partial charge in [0.25, 0.3) is 5.91 Å². The largest absolute Gasteiger partial charge is 0.479 e. The molecule has 2 fully saturated rings. The average Bonchev–Trinajstić information content (AvgIpc) is 3.13. The summed E-state index contributed by atoms with van der Waals surface area (Å²) < 4.78 is 11.3. The molecule has 1 amide bonds. The molecule has 2 atom stereocenters. The summed E-state index contributed by atoms with van der Waals surface area (Å²) in [6.45, 7) is 0.680. The van der Waals surface area contributed by atoms with Crippen LogP contribution in [0.2, 0.25) is 0 Å². The summed E-state index contributed by atoms with van der Waals surface area (Å²) >= 11 is 0. The first-order valence-corrected chi connectivity index (χ1v) is 8.49. The van der Waals surface area contributed by atoms with E-state index < -0.39 is 18.2 Å². The van der Waals surface area contributed by atoms with Crippen LogP contribution >= 0.6 is 0 Å². The summed E-state index contributed by atoms with van der Waals surface area (Å²) in [5.41, 5.74) is 0.813. The van der Waals surface area contributed by atoms with Crippen molar-refractivity contribution in [2.45, 2.75) is 44.0 Å². The summed E-state index contributed by atoms with van der Waals surface area (Å²) in [4.78, 5) is 25.7. The number of amides is 1. The summed E-state index contributed by atoms with van der Waals surface area (Å²) in [6, 6.07) is 9.43. The number of morpholine rings is 1. The van der Waals surface area contributed by atoms with E-state index in [0.29, 0.717) is 6.54 Å². The van der Waals surface area contributed by atoms with E-state index in [2.05, 4.69) is 0 Å². The monoisotopic (exact) mass is 333 g/mol. The topological polar surface area (TPSA) is 76.1 Å². The standard InChI is InChI=1S/C18H23NO5/c20-17(19-10-11-23-15(12-19)18(21)22)16(13-6-2-1-3-7-13)24-14-8-4-5-9-14/h1-3,6-7,14-16H,4-5,8-12H2,(H,21,22)/t15-,16+/m0/s1. The van der Waals surface area contributed by atoms with Crippen molar-refractivity contribution in [3.8, 4) is 0 Å². The van der Waals surface area contributed by atoms with E-state index in [1.165, 1.54) is 0 Å². The maximum atomic E-state index is 13.0. The van der Waals surface area contributed by atoms with Crippen LogP contribution in [0.3, 0.4) is 0 Å². The van der Waals surface area contributed by atoms with E-state index in [4.69, 9.17) is 14.6 Å². The lowest BCUT2D eigenvalue weighted by Gasteiger charge is -2.34. The second-order valence-electron chi connectivity index (χ2n) is 6.32. The van der Waals surface area contributed by atoms with Crippen molar-refractivity contribution in [1.82, 2.24) is 4.90 Å². The molecular formula is C18H23NO5. The van der Waals surface area contributed by atoms with E-state index in [-0.39, 0.29) is 25.2 Å². The van der Waals surface area contributed by atoms with Crippen molar-refractivity contribution in [1.29, 1.82) is 0 Å². The van der Waals surface area contributed by atoms with Gasteiger partial charge in [-0.25, -0.2) is 4.79 Å². The zero-order valence-corrected chi connectivity index (χ0v) is 13.6. The Balaban J connectivity index is 1.76. The van der Waals surface area contributed by atoms with Gasteiger partial charge in [-0.3, -0.25) is 4.79 Å². The summed E-state index contributed by atoms with van der Waals surface area (Å²) in [6.07, 6.45) is 2.63. The number of benzene rings is 1. The zero-order valence-electron chi connectivity index (χ0n) is 13.6. The molecular weight excluding hydrogens is 310 g/mol. The fraction of sp³-hybridized carbons (Fsp3) is 0.556. The van der Waals surface area contributed by atoms with E-state index in [9.17, 15) is 9.59 Å². The van der Waals surface area contributed by atoms with E-state index in [1.807, 2.05) is 30.3 Å². The Labute approximate surface area is 141 Å². The maximum absolute atomic E-state index is 13.0. The molecule has 1 saturated heterocycles. The SMILES string of the molecule is O=C(O)[C@@H]1CN(C(=O)[C@H](OC2CCCC2)c2ccccc2)CCO1. The molecule has 0 bridgehead atoms. The first kappa shape index (κ1) is 16.9. The Bertz CT molecular complexity index is 570. The van der Waals surface area contributed by atoms with Crippen LogP contribution in [0, 0.1) is 0 Å². The average molecular weight is 333 g/mol. The van der Waals surface area contributed by atoms with E-state index in [1.54, 1.807) is 4.90 Å². The molecule has 24 heavy (non-hydrogen) atoms. The van der Waals surface area contributed by atoms with Crippen LogP contribution in [0.25, 0.3) is 0 Å². The highest BCUT2D eigenvalue weighted by Gasteiger charge is 2.35. The minimum absolute atomic E-state index is 0.0610. The lowest BCUT2D eigenvalue weighted by Crippen LogP contribution is -2.50. The number of hydrogen-bond donors (Lipinski definition) is 1.